The Morgan fingerprint density at radius 2 is 1.71 bits per heavy atom. The van der Waals surface area contributed by atoms with E-state index < -0.39 is 24.1 Å². The molecule has 0 radical (unpaired) electrons. The minimum atomic E-state index is -4.69. The summed E-state index contributed by atoms with van der Waals surface area (Å²) in [5, 5.41) is 0. The highest BCUT2D eigenvalue weighted by Gasteiger charge is 2.44. The van der Waals surface area contributed by atoms with E-state index in [1.807, 2.05) is 13.8 Å². The predicted molar refractivity (Wildman–Crippen MR) is 54.1 cm³/mol. The zero-order valence-electron chi connectivity index (χ0n) is 9.61. The van der Waals surface area contributed by atoms with Crippen molar-refractivity contribution in [1.29, 1.82) is 0 Å². The van der Waals surface area contributed by atoms with Crippen LogP contribution >= 0.6 is 0 Å². The Balaban J connectivity index is 0.00000121. The monoisotopic (exact) mass is 256 g/mol. The summed E-state index contributed by atoms with van der Waals surface area (Å²) >= 11 is 0. The first-order valence-electron chi connectivity index (χ1n) is 4.94. The van der Waals surface area contributed by atoms with Crippen LogP contribution in [-0.2, 0) is 0 Å². The van der Waals surface area contributed by atoms with Gasteiger partial charge in [-0.15, -0.1) is 0 Å². The van der Waals surface area contributed by atoms with E-state index >= 15 is 0 Å². The fraction of sp³-hybridized carbons (Fsp3) is 0.455. The molecule has 0 aliphatic rings. The fourth-order valence-electron chi connectivity index (χ4n) is 0.880. The predicted octanol–water partition coefficient (Wildman–Crippen LogP) is 4.40. The summed E-state index contributed by atoms with van der Waals surface area (Å²) in [5.41, 5.74) is 0.427. The van der Waals surface area contributed by atoms with Crippen LogP contribution in [0, 0.1) is 12.7 Å². The van der Waals surface area contributed by atoms with Gasteiger partial charge < -0.3 is 4.74 Å². The third-order valence-corrected chi connectivity index (χ3v) is 1.59. The smallest absolute Gasteiger partial charge is 0.425 e. The molecule has 17 heavy (non-hydrogen) atoms. The average Bonchev–Trinajstić information content (AvgIpc) is 2.26. The van der Waals surface area contributed by atoms with Crippen molar-refractivity contribution in [3.63, 3.8) is 0 Å². The first kappa shape index (κ1) is 15.7. The summed E-state index contributed by atoms with van der Waals surface area (Å²) in [5.74, 6) is -2.00. The summed E-state index contributed by atoms with van der Waals surface area (Å²) in [7, 11) is 0. The lowest BCUT2D eigenvalue weighted by atomic mass is 10.2. The fourth-order valence-corrected chi connectivity index (χ4v) is 0.880. The lowest BCUT2D eigenvalue weighted by Crippen LogP contribution is -2.33. The average molecular weight is 256 g/mol. The van der Waals surface area contributed by atoms with Gasteiger partial charge in [-0.2, -0.15) is 17.6 Å². The summed E-state index contributed by atoms with van der Waals surface area (Å²) in [4.78, 5) is 0. The molecule has 0 bridgehead atoms. The Morgan fingerprint density at radius 3 is 2.18 bits per heavy atom. The highest BCUT2D eigenvalue weighted by atomic mass is 19.3. The summed E-state index contributed by atoms with van der Waals surface area (Å²) in [6, 6.07) is 3.10. The summed E-state index contributed by atoms with van der Waals surface area (Å²) in [6.45, 7) is 5.49. The first-order chi connectivity index (χ1) is 7.83. The maximum absolute atomic E-state index is 12.9. The molecule has 0 saturated carbocycles. The highest BCUT2D eigenvalue weighted by Crippen LogP contribution is 2.29. The molecule has 0 spiro atoms. The van der Waals surface area contributed by atoms with Gasteiger partial charge in [0.25, 0.3) is 0 Å². The molecular formula is C11H13F5O. The Labute approximate surface area is 96.2 Å². The molecular weight excluding hydrogens is 243 g/mol. The van der Waals surface area contributed by atoms with E-state index in [-0.39, 0.29) is 0 Å². The molecule has 0 heterocycles. The lowest BCUT2D eigenvalue weighted by molar-refractivity contribution is -0.254. The molecule has 0 N–H and O–H groups in total. The zero-order valence-corrected chi connectivity index (χ0v) is 9.61. The summed E-state index contributed by atoms with van der Waals surface area (Å²) < 4.78 is 64.8. The third-order valence-electron chi connectivity index (χ3n) is 1.59. The number of alkyl halides is 4. The van der Waals surface area contributed by atoms with E-state index in [1.54, 1.807) is 0 Å². The van der Waals surface area contributed by atoms with Crippen molar-refractivity contribution in [3.05, 3.63) is 29.6 Å². The van der Waals surface area contributed by atoms with Gasteiger partial charge in [-0.1, -0.05) is 19.9 Å². The molecule has 1 rings (SSSR count). The number of hydrogen-bond acceptors (Lipinski definition) is 1. The van der Waals surface area contributed by atoms with Gasteiger partial charge in [-0.05, 0) is 24.6 Å². The second-order valence-electron chi connectivity index (χ2n) is 2.90. The quantitative estimate of drug-likeness (QED) is 0.728. The second kappa shape index (κ2) is 6.42. The van der Waals surface area contributed by atoms with Crippen molar-refractivity contribution < 1.29 is 26.7 Å². The van der Waals surface area contributed by atoms with Gasteiger partial charge in [-0.25, -0.2) is 4.39 Å². The number of ether oxygens (including phenoxy) is 1. The molecule has 0 saturated heterocycles. The van der Waals surface area contributed by atoms with Crippen LogP contribution in [0.25, 0.3) is 0 Å². The Hall–Kier alpha value is -1.33. The van der Waals surface area contributed by atoms with E-state index in [9.17, 15) is 22.0 Å². The second-order valence-corrected chi connectivity index (χ2v) is 2.90. The van der Waals surface area contributed by atoms with Crippen molar-refractivity contribution >= 4 is 0 Å². The van der Waals surface area contributed by atoms with Gasteiger partial charge in [0, 0.05) is 0 Å². The largest absolute Gasteiger partial charge is 0.461 e. The van der Waals surface area contributed by atoms with E-state index in [1.165, 1.54) is 13.0 Å². The Kier molecular flexibility index (Phi) is 5.91. The molecule has 0 fully saturated rings. The van der Waals surface area contributed by atoms with Gasteiger partial charge in [-0.3, -0.25) is 0 Å². The molecule has 6 heteroatoms. The maximum atomic E-state index is 12.9. The zero-order chi connectivity index (χ0) is 13.6. The van der Waals surface area contributed by atoms with Crippen molar-refractivity contribution in [2.24, 2.45) is 0 Å². The van der Waals surface area contributed by atoms with Crippen LogP contribution in [0.5, 0.6) is 5.75 Å². The van der Waals surface area contributed by atoms with Gasteiger partial charge >= 0.3 is 12.5 Å². The topological polar surface area (TPSA) is 9.23 Å². The van der Waals surface area contributed by atoms with Crippen LogP contribution in [0.3, 0.4) is 0 Å². The number of rotatable bonds is 3. The molecule has 1 nitrogen and oxygen atoms in total. The van der Waals surface area contributed by atoms with Crippen LogP contribution in [0.15, 0.2) is 18.2 Å². The molecule has 1 aromatic carbocycles. The lowest BCUT2D eigenvalue weighted by Gasteiger charge is -2.17. The van der Waals surface area contributed by atoms with Crippen LogP contribution in [0.2, 0.25) is 0 Å². The number of halogens is 5. The van der Waals surface area contributed by atoms with Crippen molar-refractivity contribution in [3.8, 4) is 5.75 Å². The number of aryl methyl sites for hydroxylation is 1. The normalized spacial score (nSPS) is 10.9. The molecule has 0 atom stereocenters. The van der Waals surface area contributed by atoms with E-state index in [2.05, 4.69) is 4.74 Å². The Morgan fingerprint density at radius 1 is 1.18 bits per heavy atom. The molecule has 0 aromatic heterocycles. The van der Waals surface area contributed by atoms with E-state index in [0.29, 0.717) is 5.56 Å². The SMILES string of the molecule is CC.Cc1ccc(F)c(OC(F)(F)C(F)F)c1. The van der Waals surface area contributed by atoms with Gasteiger partial charge in [0.2, 0.25) is 0 Å². The van der Waals surface area contributed by atoms with Crippen LogP contribution in [-0.4, -0.2) is 12.5 Å². The molecule has 0 aliphatic heterocycles. The van der Waals surface area contributed by atoms with E-state index in [4.69, 9.17) is 0 Å². The molecule has 98 valence electrons. The number of hydrogen-bond donors (Lipinski definition) is 0. The number of benzene rings is 1. The molecule has 0 unspecified atom stereocenters. The summed E-state index contributed by atoms with van der Waals surface area (Å²) in [6.07, 6.45) is -8.69. The highest BCUT2D eigenvalue weighted by molar-refractivity contribution is 5.29. The van der Waals surface area contributed by atoms with Crippen molar-refractivity contribution in [2.45, 2.75) is 33.3 Å². The van der Waals surface area contributed by atoms with Crippen LogP contribution in [0.4, 0.5) is 22.0 Å². The molecule has 1 aromatic rings. The molecule has 0 amide bonds. The maximum Gasteiger partial charge on any atom is 0.461 e. The Bertz CT molecular complexity index is 352. The van der Waals surface area contributed by atoms with Crippen molar-refractivity contribution in [1.82, 2.24) is 0 Å². The van der Waals surface area contributed by atoms with Gasteiger partial charge in [0.15, 0.2) is 11.6 Å². The van der Waals surface area contributed by atoms with E-state index in [0.717, 1.165) is 12.1 Å². The third kappa shape index (κ3) is 4.58. The van der Waals surface area contributed by atoms with Crippen LogP contribution < -0.4 is 4.74 Å². The van der Waals surface area contributed by atoms with Crippen molar-refractivity contribution in [2.75, 3.05) is 0 Å². The van der Waals surface area contributed by atoms with Gasteiger partial charge in [0.1, 0.15) is 0 Å². The van der Waals surface area contributed by atoms with Gasteiger partial charge in [0.05, 0.1) is 0 Å². The minimum Gasteiger partial charge on any atom is -0.425 e. The first-order valence-corrected chi connectivity index (χ1v) is 4.94. The molecule has 0 aliphatic carbocycles. The van der Waals surface area contributed by atoms with Crippen LogP contribution in [0.1, 0.15) is 19.4 Å². The minimum absolute atomic E-state index is 0.427. The standard InChI is InChI=1S/C9H7F5O.C2H6/c1-5-2-3-6(10)7(4-5)15-9(13,14)8(11)12;1-2/h2-4,8H,1H3;1-2H3.